The van der Waals surface area contributed by atoms with E-state index < -0.39 is 0 Å². The van der Waals surface area contributed by atoms with Gasteiger partial charge in [-0.15, -0.1) is 0 Å². The van der Waals surface area contributed by atoms with E-state index in [0.717, 1.165) is 29.3 Å². The van der Waals surface area contributed by atoms with E-state index in [4.69, 9.17) is 4.74 Å². The molecule has 0 spiro atoms. The molecule has 1 saturated carbocycles. The van der Waals surface area contributed by atoms with E-state index >= 15 is 0 Å². The van der Waals surface area contributed by atoms with Gasteiger partial charge in [-0.1, -0.05) is 25.0 Å². The molecule has 0 aromatic heterocycles. The number of hydrogen-bond acceptors (Lipinski definition) is 2. The summed E-state index contributed by atoms with van der Waals surface area (Å²) in [6.07, 6.45) is 5.39. The topological polar surface area (TPSA) is 21.3 Å². The zero-order chi connectivity index (χ0) is 12.1. The first-order valence-corrected chi connectivity index (χ1v) is 7.15. The van der Waals surface area contributed by atoms with E-state index in [0.29, 0.717) is 0 Å². The Labute approximate surface area is 112 Å². The maximum Gasteiger partial charge on any atom is 0.137 e. The molecule has 1 aromatic carbocycles. The number of nitrogens with one attached hydrogen (secondary N) is 1. The molecule has 1 aliphatic carbocycles. The van der Waals surface area contributed by atoms with Crippen molar-refractivity contribution in [3.8, 4) is 5.75 Å². The van der Waals surface area contributed by atoms with Crippen molar-refractivity contribution in [3.63, 3.8) is 0 Å². The third-order valence-corrected chi connectivity index (χ3v) is 3.98. The number of benzene rings is 1. The Bertz CT molecular complexity index is 361. The van der Waals surface area contributed by atoms with Gasteiger partial charge in [-0.05, 0) is 47.8 Å². The lowest BCUT2D eigenvalue weighted by Gasteiger charge is -2.16. The first kappa shape index (κ1) is 12.9. The molecule has 1 N–H and O–H groups in total. The van der Waals surface area contributed by atoms with Crippen molar-refractivity contribution in [2.45, 2.75) is 32.2 Å². The monoisotopic (exact) mass is 297 g/mol. The van der Waals surface area contributed by atoms with Crippen LogP contribution >= 0.6 is 15.9 Å². The highest BCUT2D eigenvalue weighted by Crippen LogP contribution is 2.31. The molecule has 0 saturated heterocycles. The molecule has 2 nitrogen and oxygen atoms in total. The molecule has 1 aromatic rings. The van der Waals surface area contributed by atoms with Gasteiger partial charge in [0.15, 0.2) is 0 Å². The van der Waals surface area contributed by atoms with Crippen molar-refractivity contribution in [3.05, 3.63) is 28.2 Å². The van der Waals surface area contributed by atoms with Gasteiger partial charge in [-0.3, -0.25) is 0 Å². The summed E-state index contributed by atoms with van der Waals surface area (Å²) < 4.78 is 7.08. The number of rotatable bonds is 5. The van der Waals surface area contributed by atoms with E-state index in [-0.39, 0.29) is 0 Å². The second-order valence-corrected chi connectivity index (χ2v) is 5.57. The van der Waals surface area contributed by atoms with Gasteiger partial charge in [0.05, 0.1) is 11.1 Å². The van der Waals surface area contributed by atoms with Crippen LogP contribution in [0, 0.1) is 5.92 Å². The molecule has 0 aliphatic heterocycles. The van der Waals surface area contributed by atoms with Crippen LogP contribution in [0.4, 0.5) is 0 Å². The molecule has 0 atom stereocenters. The van der Waals surface area contributed by atoms with Crippen LogP contribution in [0.25, 0.3) is 0 Å². The molecule has 0 heterocycles. The van der Waals surface area contributed by atoms with Crippen molar-refractivity contribution in [1.29, 1.82) is 0 Å². The van der Waals surface area contributed by atoms with Gasteiger partial charge in [0, 0.05) is 12.1 Å². The zero-order valence-corrected chi connectivity index (χ0v) is 11.9. The molecule has 1 fully saturated rings. The van der Waals surface area contributed by atoms with Crippen LogP contribution in [0.3, 0.4) is 0 Å². The van der Waals surface area contributed by atoms with Crippen LogP contribution in [0.15, 0.2) is 22.7 Å². The van der Waals surface area contributed by atoms with E-state index in [1.807, 2.05) is 13.1 Å². The van der Waals surface area contributed by atoms with Crippen molar-refractivity contribution >= 4 is 15.9 Å². The average Bonchev–Trinajstić information content (AvgIpc) is 2.82. The Balaban J connectivity index is 2.02. The number of halogens is 1. The minimum atomic E-state index is 0.754. The van der Waals surface area contributed by atoms with Crippen LogP contribution in [-0.2, 0) is 6.54 Å². The second kappa shape index (κ2) is 6.41. The summed E-state index contributed by atoms with van der Waals surface area (Å²) >= 11 is 3.57. The molecule has 1 aliphatic rings. The molecule has 3 heteroatoms. The zero-order valence-electron chi connectivity index (χ0n) is 10.3. The van der Waals surface area contributed by atoms with Gasteiger partial charge in [0.2, 0.25) is 0 Å². The van der Waals surface area contributed by atoms with E-state index in [2.05, 4.69) is 33.4 Å². The summed E-state index contributed by atoms with van der Waals surface area (Å²) in [5.41, 5.74) is 1.22. The predicted octanol–water partition coefficient (Wildman–Crippen LogP) is 3.74. The highest BCUT2D eigenvalue weighted by atomic mass is 79.9. The molecular formula is C14H20BrNO. The lowest BCUT2D eigenvalue weighted by molar-refractivity contribution is 0.248. The summed E-state index contributed by atoms with van der Waals surface area (Å²) in [6, 6.07) is 6.22. The largest absolute Gasteiger partial charge is 0.492 e. The van der Waals surface area contributed by atoms with Crippen molar-refractivity contribution in [1.82, 2.24) is 5.32 Å². The number of hydrogen-bond donors (Lipinski definition) is 1. The van der Waals surface area contributed by atoms with Gasteiger partial charge in [0.25, 0.3) is 0 Å². The van der Waals surface area contributed by atoms with E-state index in [1.165, 1.54) is 31.2 Å². The van der Waals surface area contributed by atoms with Crippen molar-refractivity contribution in [2.24, 2.45) is 5.92 Å². The van der Waals surface area contributed by atoms with Crippen LogP contribution in [-0.4, -0.2) is 13.7 Å². The minimum Gasteiger partial charge on any atom is -0.492 e. The van der Waals surface area contributed by atoms with Crippen molar-refractivity contribution in [2.75, 3.05) is 13.7 Å². The first-order valence-electron chi connectivity index (χ1n) is 6.36. The molecule has 17 heavy (non-hydrogen) atoms. The Hall–Kier alpha value is -0.540. The summed E-state index contributed by atoms with van der Waals surface area (Å²) in [5.74, 6) is 1.76. The fraction of sp³-hybridized carbons (Fsp3) is 0.571. The van der Waals surface area contributed by atoms with Crippen LogP contribution in [0.2, 0.25) is 0 Å². The normalized spacial score (nSPS) is 16.4. The Kier molecular flexibility index (Phi) is 4.86. The van der Waals surface area contributed by atoms with E-state index in [9.17, 15) is 0 Å². The Morgan fingerprint density at radius 1 is 1.35 bits per heavy atom. The fourth-order valence-electron chi connectivity index (χ4n) is 2.42. The maximum atomic E-state index is 6.02. The summed E-state index contributed by atoms with van der Waals surface area (Å²) in [6.45, 7) is 1.71. The molecule has 2 rings (SSSR count). The Morgan fingerprint density at radius 2 is 2.12 bits per heavy atom. The summed E-state index contributed by atoms with van der Waals surface area (Å²) in [7, 11) is 1.96. The molecular weight excluding hydrogens is 278 g/mol. The molecule has 0 bridgehead atoms. The van der Waals surface area contributed by atoms with Gasteiger partial charge in [-0.25, -0.2) is 0 Å². The summed E-state index contributed by atoms with van der Waals surface area (Å²) in [4.78, 5) is 0. The SMILES string of the molecule is CNCc1cccc(Br)c1OCC1CCCC1. The van der Waals surface area contributed by atoms with Gasteiger partial charge >= 0.3 is 0 Å². The first-order chi connectivity index (χ1) is 8.31. The van der Waals surface area contributed by atoms with E-state index in [1.54, 1.807) is 0 Å². The van der Waals surface area contributed by atoms with Gasteiger partial charge < -0.3 is 10.1 Å². The van der Waals surface area contributed by atoms with Crippen molar-refractivity contribution < 1.29 is 4.74 Å². The van der Waals surface area contributed by atoms with Crippen LogP contribution in [0.1, 0.15) is 31.2 Å². The minimum absolute atomic E-state index is 0.754. The lowest BCUT2D eigenvalue weighted by atomic mass is 10.1. The summed E-state index contributed by atoms with van der Waals surface area (Å²) in [5, 5.41) is 3.18. The van der Waals surface area contributed by atoms with Crippen LogP contribution in [0.5, 0.6) is 5.75 Å². The quantitative estimate of drug-likeness (QED) is 0.894. The fourth-order valence-corrected chi connectivity index (χ4v) is 2.94. The standard InChI is InChI=1S/C14H20BrNO/c1-16-9-12-7-4-8-13(15)14(12)17-10-11-5-2-3-6-11/h4,7-8,11,16H,2-3,5-6,9-10H2,1H3. The third kappa shape index (κ3) is 3.46. The maximum absolute atomic E-state index is 6.02. The number of ether oxygens (including phenoxy) is 1. The molecule has 0 radical (unpaired) electrons. The van der Waals surface area contributed by atoms with Gasteiger partial charge in [-0.2, -0.15) is 0 Å². The Morgan fingerprint density at radius 3 is 2.82 bits per heavy atom. The molecule has 0 amide bonds. The van der Waals surface area contributed by atoms with Crippen LogP contribution < -0.4 is 10.1 Å². The smallest absolute Gasteiger partial charge is 0.137 e. The molecule has 0 unspecified atom stereocenters. The predicted molar refractivity (Wildman–Crippen MR) is 74.4 cm³/mol. The molecule has 94 valence electrons. The lowest BCUT2D eigenvalue weighted by Crippen LogP contribution is -2.12. The average molecular weight is 298 g/mol. The third-order valence-electron chi connectivity index (χ3n) is 3.35. The number of para-hydroxylation sites is 1. The van der Waals surface area contributed by atoms with Gasteiger partial charge in [0.1, 0.15) is 5.75 Å². The highest BCUT2D eigenvalue weighted by Gasteiger charge is 2.17. The highest BCUT2D eigenvalue weighted by molar-refractivity contribution is 9.10. The second-order valence-electron chi connectivity index (χ2n) is 4.72.